The first kappa shape index (κ1) is 17.2. The first-order chi connectivity index (χ1) is 12.2. The van der Waals surface area contributed by atoms with E-state index in [1.165, 1.54) is 0 Å². The predicted molar refractivity (Wildman–Crippen MR) is 100 cm³/mol. The molecular weight excluding hydrogens is 308 g/mol. The summed E-state index contributed by atoms with van der Waals surface area (Å²) in [5, 5.41) is 0. The van der Waals surface area contributed by atoms with Crippen molar-refractivity contribution in [2.24, 2.45) is 0 Å². The lowest BCUT2D eigenvalue weighted by Gasteiger charge is -2.34. The Labute approximate surface area is 149 Å². The first-order valence-corrected chi connectivity index (χ1v) is 8.67. The van der Waals surface area contributed by atoms with Crippen LogP contribution >= 0.6 is 0 Å². The predicted octanol–water partition coefficient (Wildman–Crippen LogP) is 3.70. The van der Waals surface area contributed by atoms with Gasteiger partial charge in [-0.25, -0.2) is 0 Å². The summed E-state index contributed by atoms with van der Waals surface area (Å²) >= 11 is 0. The maximum Gasteiger partial charge on any atom is 0.0646 e. The van der Waals surface area contributed by atoms with Crippen LogP contribution < -0.4 is 0 Å². The van der Waals surface area contributed by atoms with Crippen LogP contribution in [0.5, 0.6) is 0 Å². The third-order valence-electron chi connectivity index (χ3n) is 4.56. The smallest absolute Gasteiger partial charge is 0.0646 e. The number of aromatic nitrogens is 3. The topological polar surface area (TPSA) is 41.9 Å². The van der Waals surface area contributed by atoms with E-state index in [0.29, 0.717) is 0 Å². The van der Waals surface area contributed by atoms with Crippen molar-refractivity contribution in [1.29, 1.82) is 0 Å². The molecule has 0 amide bonds. The lowest BCUT2D eigenvalue weighted by Crippen LogP contribution is -2.40. The fourth-order valence-corrected chi connectivity index (χ4v) is 3.12. The highest BCUT2D eigenvalue weighted by Gasteiger charge is 2.33. The Morgan fingerprint density at radius 1 is 0.800 bits per heavy atom. The number of likely N-dealkylation sites (N-methyl/N-ethyl adjacent to an activating group) is 1. The van der Waals surface area contributed by atoms with E-state index >= 15 is 0 Å². The van der Waals surface area contributed by atoms with Crippen LogP contribution in [0, 0.1) is 0 Å². The molecule has 3 aromatic heterocycles. The van der Waals surface area contributed by atoms with Crippen molar-refractivity contribution in [3.8, 4) is 0 Å². The van der Waals surface area contributed by atoms with Crippen molar-refractivity contribution in [3.05, 3.63) is 90.3 Å². The minimum Gasteiger partial charge on any atom is -0.296 e. The maximum absolute atomic E-state index is 4.64. The van der Waals surface area contributed by atoms with Gasteiger partial charge in [0.2, 0.25) is 0 Å². The van der Waals surface area contributed by atoms with Crippen molar-refractivity contribution in [2.75, 3.05) is 13.1 Å². The van der Waals surface area contributed by atoms with E-state index in [1.54, 1.807) is 0 Å². The van der Waals surface area contributed by atoms with Crippen LogP contribution in [-0.2, 0) is 12.0 Å². The standard InChI is InChI=1S/C21H24N4/c1-3-25(16-18-10-4-7-13-22-18)17-21(2,19-11-5-8-14-23-19)20-12-6-9-15-24-20/h4-15H,3,16-17H2,1-2H3. The minimum atomic E-state index is -0.284. The average molecular weight is 332 g/mol. The molecule has 0 bridgehead atoms. The van der Waals surface area contributed by atoms with Crippen LogP contribution in [0.4, 0.5) is 0 Å². The molecule has 0 unspecified atom stereocenters. The summed E-state index contributed by atoms with van der Waals surface area (Å²) in [6.45, 7) is 6.98. The Kier molecular flexibility index (Phi) is 5.51. The van der Waals surface area contributed by atoms with Gasteiger partial charge in [-0.05, 0) is 49.9 Å². The van der Waals surface area contributed by atoms with E-state index in [-0.39, 0.29) is 5.41 Å². The highest BCUT2D eigenvalue weighted by atomic mass is 15.1. The molecule has 0 aliphatic rings. The fourth-order valence-electron chi connectivity index (χ4n) is 3.12. The normalized spacial score (nSPS) is 11.6. The molecule has 0 aromatic carbocycles. The molecule has 0 N–H and O–H groups in total. The lowest BCUT2D eigenvalue weighted by atomic mass is 9.81. The molecule has 0 saturated carbocycles. The van der Waals surface area contributed by atoms with E-state index in [9.17, 15) is 0 Å². The quantitative estimate of drug-likeness (QED) is 0.661. The molecule has 3 aromatic rings. The molecule has 3 rings (SSSR count). The molecule has 0 saturated heterocycles. The van der Waals surface area contributed by atoms with Gasteiger partial charge >= 0.3 is 0 Å². The third kappa shape index (κ3) is 4.09. The van der Waals surface area contributed by atoms with Crippen LogP contribution in [0.2, 0.25) is 0 Å². The Hall–Kier alpha value is -2.59. The fraction of sp³-hybridized carbons (Fsp3) is 0.286. The zero-order valence-electron chi connectivity index (χ0n) is 14.8. The Bertz CT molecular complexity index is 720. The van der Waals surface area contributed by atoms with E-state index in [2.05, 4.69) is 51.9 Å². The van der Waals surface area contributed by atoms with E-state index in [1.807, 2.05) is 55.0 Å². The summed E-state index contributed by atoms with van der Waals surface area (Å²) in [6.07, 6.45) is 5.55. The van der Waals surface area contributed by atoms with Crippen LogP contribution in [0.25, 0.3) is 0 Å². The molecule has 128 valence electrons. The van der Waals surface area contributed by atoms with Crippen molar-refractivity contribution in [1.82, 2.24) is 19.9 Å². The van der Waals surface area contributed by atoms with Gasteiger partial charge in [0.05, 0.1) is 22.5 Å². The monoisotopic (exact) mass is 332 g/mol. The molecule has 0 atom stereocenters. The van der Waals surface area contributed by atoms with E-state index in [4.69, 9.17) is 0 Å². The summed E-state index contributed by atoms with van der Waals surface area (Å²) in [5.74, 6) is 0. The summed E-state index contributed by atoms with van der Waals surface area (Å²) in [4.78, 5) is 16.1. The second-order valence-corrected chi connectivity index (χ2v) is 6.39. The molecule has 0 fully saturated rings. The molecule has 0 radical (unpaired) electrons. The summed E-state index contributed by atoms with van der Waals surface area (Å²) in [5.41, 5.74) is 2.86. The van der Waals surface area contributed by atoms with Crippen LogP contribution in [0.15, 0.2) is 73.2 Å². The highest BCUT2D eigenvalue weighted by molar-refractivity contribution is 5.30. The van der Waals surface area contributed by atoms with Gasteiger partial charge in [-0.15, -0.1) is 0 Å². The SMILES string of the molecule is CCN(Cc1ccccn1)CC(C)(c1ccccn1)c1ccccn1. The number of hydrogen-bond donors (Lipinski definition) is 0. The number of nitrogens with zero attached hydrogens (tertiary/aromatic N) is 4. The van der Waals surface area contributed by atoms with Gasteiger partial charge in [-0.2, -0.15) is 0 Å². The molecule has 3 heterocycles. The number of hydrogen-bond acceptors (Lipinski definition) is 4. The zero-order chi connectivity index (χ0) is 17.5. The van der Waals surface area contributed by atoms with Crippen molar-refractivity contribution in [3.63, 3.8) is 0 Å². The van der Waals surface area contributed by atoms with Gasteiger partial charge in [0, 0.05) is 31.7 Å². The Morgan fingerprint density at radius 3 is 1.80 bits per heavy atom. The van der Waals surface area contributed by atoms with Gasteiger partial charge in [0.1, 0.15) is 0 Å². The van der Waals surface area contributed by atoms with Gasteiger partial charge in [-0.1, -0.05) is 25.1 Å². The van der Waals surface area contributed by atoms with Gasteiger partial charge in [0.15, 0.2) is 0 Å². The summed E-state index contributed by atoms with van der Waals surface area (Å²) in [6, 6.07) is 18.2. The Balaban J connectivity index is 1.92. The Morgan fingerprint density at radius 2 is 1.36 bits per heavy atom. The van der Waals surface area contributed by atoms with Crippen molar-refractivity contribution in [2.45, 2.75) is 25.8 Å². The molecule has 4 heteroatoms. The molecule has 0 aliphatic carbocycles. The van der Waals surface area contributed by atoms with Gasteiger partial charge < -0.3 is 0 Å². The summed E-state index contributed by atoms with van der Waals surface area (Å²) in [7, 11) is 0. The van der Waals surface area contributed by atoms with Gasteiger partial charge in [-0.3, -0.25) is 19.9 Å². The van der Waals surface area contributed by atoms with Gasteiger partial charge in [0.25, 0.3) is 0 Å². The lowest BCUT2D eigenvalue weighted by molar-refractivity contribution is 0.229. The van der Waals surface area contributed by atoms with E-state index in [0.717, 1.165) is 36.7 Å². The zero-order valence-corrected chi connectivity index (χ0v) is 14.8. The molecule has 0 aliphatic heterocycles. The second kappa shape index (κ2) is 7.99. The molecule has 0 spiro atoms. The number of pyridine rings is 3. The average Bonchev–Trinajstić information content (AvgIpc) is 2.69. The largest absolute Gasteiger partial charge is 0.296 e. The third-order valence-corrected chi connectivity index (χ3v) is 4.56. The van der Waals surface area contributed by atoms with Crippen LogP contribution in [0.3, 0.4) is 0 Å². The maximum atomic E-state index is 4.64. The molecular formula is C21H24N4. The van der Waals surface area contributed by atoms with Crippen LogP contribution in [-0.4, -0.2) is 32.9 Å². The van der Waals surface area contributed by atoms with Crippen molar-refractivity contribution >= 4 is 0 Å². The first-order valence-electron chi connectivity index (χ1n) is 8.67. The van der Waals surface area contributed by atoms with Crippen molar-refractivity contribution < 1.29 is 0 Å². The van der Waals surface area contributed by atoms with E-state index < -0.39 is 0 Å². The molecule has 4 nitrogen and oxygen atoms in total. The molecule has 25 heavy (non-hydrogen) atoms. The summed E-state index contributed by atoms with van der Waals surface area (Å²) < 4.78 is 0. The number of rotatable bonds is 7. The second-order valence-electron chi connectivity index (χ2n) is 6.39. The van der Waals surface area contributed by atoms with Crippen LogP contribution in [0.1, 0.15) is 30.9 Å². The highest BCUT2D eigenvalue weighted by Crippen LogP contribution is 2.30. The minimum absolute atomic E-state index is 0.284.